The summed E-state index contributed by atoms with van der Waals surface area (Å²) in [5.74, 6) is 2.17. The highest BCUT2D eigenvalue weighted by atomic mass is 16.5. The Kier molecular flexibility index (Phi) is 8.48. The van der Waals surface area contributed by atoms with E-state index in [1.807, 2.05) is 31.3 Å². The van der Waals surface area contributed by atoms with Gasteiger partial charge < -0.3 is 20.1 Å². The molecular weight excluding hydrogens is 292 g/mol. The van der Waals surface area contributed by atoms with Gasteiger partial charge in [-0.2, -0.15) is 0 Å². The normalized spacial score (nSPS) is 12.1. The molecule has 0 heterocycles. The summed E-state index contributed by atoms with van der Waals surface area (Å²) in [5, 5.41) is 0. The lowest BCUT2D eigenvalue weighted by Gasteiger charge is -2.21. The highest BCUT2D eigenvalue weighted by Crippen LogP contribution is 2.17. The van der Waals surface area contributed by atoms with Gasteiger partial charge >= 0.3 is 0 Å². The van der Waals surface area contributed by atoms with Gasteiger partial charge in [0.2, 0.25) is 5.91 Å². The molecule has 1 aromatic carbocycles. The quantitative estimate of drug-likeness (QED) is 0.673. The largest absolute Gasteiger partial charge is 0.497 e. The Morgan fingerprint density at radius 2 is 1.83 bits per heavy atom. The zero-order valence-electron chi connectivity index (χ0n) is 14.7. The minimum atomic E-state index is 0.138. The predicted octanol–water partition coefficient (Wildman–Crippen LogP) is 2.69. The molecule has 0 saturated carbocycles. The third-order valence-corrected chi connectivity index (χ3v) is 3.94. The third kappa shape index (κ3) is 7.37. The van der Waals surface area contributed by atoms with E-state index in [0.717, 1.165) is 17.9 Å². The molecule has 0 aliphatic carbocycles. The van der Waals surface area contributed by atoms with Crippen LogP contribution in [0.3, 0.4) is 0 Å². The van der Waals surface area contributed by atoms with Gasteiger partial charge in [0, 0.05) is 26.1 Å². The minimum absolute atomic E-state index is 0.138. The number of ether oxygens (including phenoxy) is 2. The van der Waals surface area contributed by atoms with E-state index in [0.29, 0.717) is 31.9 Å². The summed E-state index contributed by atoms with van der Waals surface area (Å²) in [5.41, 5.74) is 6.00. The lowest BCUT2D eigenvalue weighted by Crippen LogP contribution is -2.34. The van der Waals surface area contributed by atoms with Crippen LogP contribution in [0.5, 0.6) is 11.5 Å². The van der Waals surface area contributed by atoms with Gasteiger partial charge in [-0.05, 0) is 43.0 Å². The van der Waals surface area contributed by atoms with Crippen LogP contribution < -0.4 is 15.2 Å². The Morgan fingerprint density at radius 3 is 2.39 bits per heavy atom. The summed E-state index contributed by atoms with van der Waals surface area (Å²) in [6.07, 6.45) is 2.03. The molecule has 0 radical (unpaired) electrons. The average molecular weight is 322 g/mol. The summed E-state index contributed by atoms with van der Waals surface area (Å²) in [6, 6.07) is 7.57. The fourth-order valence-corrected chi connectivity index (χ4v) is 2.08. The molecule has 1 rings (SSSR count). The van der Waals surface area contributed by atoms with Crippen LogP contribution in [0.4, 0.5) is 0 Å². The smallest absolute Gasteiger partial charge is 0.222 e. The number of benzene rings is 1. The molecule has 1 amide bonds. The highest BCUT2D eigenvalue weighted by Gasteiger charge is 2.12. The van der Waals surface area contributed by atoms with E-state index in [1.54, 1.807) is 12.0 Å². The van der Waals surface area contributed by atoms with Crippen LogP contribution in [0.25, 0.3) is 0 Å². The molecule has 130 valence electrons. The first-order valence-electron chi connectivity index (χ1n) is 8.20. The van der Waals surface area contributed by atoms with Crippen LogP contribution in [-0.4, -0.2) is 44.2 Å². The van der Waals surface area contributed by atoms with Crippen molar-refractivity contribution in [2.24, 2.45) is 11.7 Å². The van der Waals surface area contributed by atoms with E-state index < -0.39 is 0 Å². The Balaban J connectivity index is 2.19. The molecule has 0 spiro atoms. The molecule has 5 heteroatoms. The molecule has 0 aliphatic heterocycles. The maximum absolute atomic E-state index is 12.0. The average Bonchev–Trinajstić information content (AvgIpc) is 2.56. The minimum Gasteiger partial charge on any atom is -0.497 e. The van der Waals surface area contributed by atoms with Gasteiger partial charge in [-0.1, -0.05) is 13.8 Å². The van der Waals surface area contributed by atoms with E-state index in [2.05, 4.69) is 13.8 Å². The van der Waals surface area contributed by atoms with E-state index in [1.165, 1.54) is 0 Å². The second kappa shape index (κ2) is 10.1. The van der Waals surface area contributed by atoms with Crippen LogP contribution in [0, 0.1) is 5.92 Å². The van der Waals surface area contributed by atoms with Crippen LogP contribution in [0.15, 0.2) is 24.3 Å². The molecule has 5 nitrogen and oxygen atoms in total. The third-order valence-electron chi connectivity index (χ3n) is 3.94. The molecule has 0 bridgehead atoms. The van der Waals surface area contributed by atoms with Crippen LogP contribution in [0.1, 0.15) is 33.1 Å². The number of carbonyl (C=O) groups excluding carboxylic acids is 1. The van der Waals surface area contributed by atoms with Crippen molar-refractivity contribution < 1.29 is 14.3 Å². The topological polar surface area (TPSA) is 64.8 Å². The monoisotopic (exact) mass is 322 g/mol. The van der Waals surface area contributed by atoms with Crippen molar-refractivity contribution in [3.05, 3.63) is 24.3 Å². The van der Waals surface area contributed by atoms with Crippen molar-refractivity contribution in [3.8, 4) is 11.5 Å². The number of amides is 1. The molecule has 23 heavy (non-hydrogen) atoms. The van der Waals surface area contributed by atoms with Gasteiger partial charge in [0.15, 0.2) is 0 Å². The molecule has 0 aliphatic rings. The summed E-state index contributed by atoms with van der Waals surface area (Å²) in [6.45, 7) is 5.43. The first-order valence-corrected chi connectivity index (χ1v) is 8.20. The van der Waals surface area contributed by atoms with Gasteiger partial charge in [0.05, 0.1) is 13.7 Å². The van der Waals surface area contributed by atoms with Gasteiger partial charge in [-0.25, -0.2) is 0 Å². The maximum Gasteiger partial charge on any atom is 0.222 e. The lowest BCUT2D eigenvalue weighted by molar-refractivity contribution is -0.130. The van der Waals surface area contributed by atoms with E-state index in [4.69, 9.17) is 15.2 Å². The molecule has 0 fully saturated rings. The van der Waals surface area contributed by atoms with Gasteiger partial charge in [-0.15, -0.1) is 0 Å². The second-order valence-corrected chi connectivity index (χ2v) is 6.14. The first-order chi connectivity index (χ1) is 10.9. The fourth-order valence-electron chi connectivity index (χ4n) is 2.08. The Hall–Kier alpha value is -1.75. The van der Waals surface area contributed by atoms with Crippen LogP contribution in [-0.2, 0) is 4.79 Å². The number of rotatable bonds is 10. The summed E-state index contributed by atoms with van der Waals surface area (Å²) < 4.78 is 10.7. The molecule has 0 aromatic heterocycles. The molecule has 1 aromatic rings. The van der Waals surface area contributed by atoms with Crippen LogP contribution >= 0.6 is 0 Å². The molecule has 1 unspecified atom stereocenters. The van der Waals surface area contributed by atoms with E-state index in [-0.39, 0.29) is 11.9 Å². The number of hydrogen-bond donors (Lipinski definition) is 1. The molecule has 2 N–H and O–H groups in total. The molecule has 0 saturated heterocycles. The number of nitrogens with two attached hydrogens (primary N) is 1. The number of hydrogen-bond acceptors (Lipinski definition) is 4. The molecule has 1 atom stereocenters. The summed E-state index contributed by atoms with van der Waals surface area (Å²) >= 11 is 0. The zero-order valence-corrected chi connectivity index (χ0v) is 14.7. The van der Waals surface area contributed by atoms with Gasteiger partial charge in [0.25, 0.3) is 0 Å². The summed E-state index contributed by atoms with van der Waals surface area (Å²) in [7, 11) is 3.46. The Labute approximate surface area is 139 Å². The second-order valence-electron chi connectivity index (χ2n) is 6.14. The fraction of sp³-hybridized carbons (Fsp3) is 0.611. The van der Waals surface area contributed by atoms with Crippen molar-refractivity contribution in [1.82, 2.24) is 4.90 Å². The van der Waals surface area contributed by atoms with Crippen molar-refractivity contribution in [2.75, 3.05) is 27.3 Å². The summed E-state index contributed by atoms with van der Waals surface area (Å²) in [4.78, 5) is 13.8. The van der Waals surface area contributed by atoms with Crippen molar-refractivity contribution in [1.29, 1.82) is 0 Å². The van der Waals surface area contributed by atoms with E-state index >= 15 is 0 Å². The lowest BCUT2D eigenvalue weighted by atomic mass is 10.0. The standard InChI is InChI=1S/C18H30N2O3/c1-14(2)17(19)11-12-20(3)18(21)6-5-13-23-16-9-7-15(22-4)8-10-16/h7-10,14,17H,5-6,11-13,19H2,1-4H3. The zero-order chi connectivity index (χ0) is 17.2. The number of carbonyl (C=O) groups is 1. The van der Waals surface area contributed by atoms with Crippen molar-refractivity contribution >= 4 is 5.91 Å². The van der Waals surface area contributed by atoms with Crippen LogP contribution in [0.2, 0.25) is 0 Å². The predicted molar refractivity (Wildman–Crippen MR) is 92.8 cm³/mol. The SMILES string of the molecule is COc1ccc(OCCCC(=O)N(C)CCC(N)C(C)C)cc1. The van der Waals surface area contributed by atoms with Crippen molar-refractivity contribution in [3.63, 3.8) is 0 Å². The maximum atomic E-state index is 12.0. The number of methoxy groups -OCH3 is 1. The van der Waals surface area contributed by atoms with Gasteiger partial charge in [-0.3, -0.25) is 4.79 Å². The van der Waals surface area contributed by atoms with Gasteiger partial charge in [0.1, 0.15) is 11.5 Å². The molecular formula is C18H30N2O3. The highest BCUT2D eigenvalue weighted by molar-refractivity contribution is 5.75. The number of nitrogens with zero attached hydrogens (tertiary/aromatic N) is 1. The Bertz CT molecular complexity index is 460. The van der Waals surface area contributed by atoms with Crippen molar-refractivity contribution in [2.45, 2.75) is 39.2 Å². The first kappa shape index (κ1) is 19.3. The van der Waals surface area contributed by atoms with E-state index in [9.17, 15) is 4.79 Å². The Morgan fingerprint density at radius 1 is 1.22 bits per heavy atom.